The highest BCUT2D eigenvalue weighted by Crippen LogP contribution is 2.42. The number of fused-ring (bicyclic) bond motifs is 1. The molecule has 0 saturated carbocycles. The molecular weight excluding hydrogens is 333 g/mol. The zero-order chi connectivity index (χ0) is 16.6. The molecule has 0 radical (unpaired) electrons. The molecule has 5 heteroatoms. The van der Waals surface area contributed by atoms with Gasteiger partial charge in [-0.1, -0.05) is 48.5 Å². The standard InChI is InChI=1S/C18H17Cl2NO2/c1-12(18(20,11-19)13-7-3-2-4-8-13)21-16(22)14-9-5-6-10-15(14)17(21)23/h2-10,12,16,22H,11H2,1H3. The van der Waals surface area contributed by atoms with Crippen molar-refractivity contribution >= 4 is 29.1 Å². The molecule has 1 heterocycles. The molecule has 0 saturated heterocycles. The SMILES string of the molecule is CC(N1C(=O)c2ccccc2C1O)C(Cl)(CCl)c1ccccc1. The molecule has 1 amide bonds. The van der Waals surface area contributed by atoms with Crippen molar-refractivity contribution in [2.24, 2.45) is 0 Å². The van der Waals surface area contributed by atoms with E-state index in [9.17, 15) is 9.90 Å². The molecular formula is C18H17Cl2NO2. The fourth-order valence-corrected chi connectivity index (χ4v) is 3.68. The molecule has 3 nitrogen and oxygen atoms in total. The Balaban J connectivity index is 2.00. The second kappa shape index (κ2) is 6.16. The number of hydrogen-bond acceptors (Lipinski definition) is 2. The molecule has 120 valence electrons. The molecule has 0 spiro atoms. The van der Waals surface area contributed by atoms with Crippen LogP contribution in [-0.2, 0) is 4.87 Å². The molecule has 2 aromatic rings. The number of halogens is 2. The molecule has 0 aromatic heterocycles. The summed E-state index contributed by atoms with van der Waals surface area (Å²) in [6.07, 6.45) is -1.02. The highest BCUT2D eigenvalue weighted by atomic mass is 35.5. The molecule has 1 aliphatic heterocycles. The maximum absolute atomic E-state index is 12.7. The largest absolute Gasteiger partial charge is 0.369 e. The zero-order valence-corrected chi connectivity index (χ0v) is 14.1. The van der Waals surface area contributed by atoms with Crippen LogP contribution >= 0.6 is 23.2 Å². The van der Waals surface area contributed by atoms with Crippen LogP contribution in [0.3, 0.4) is 0 Å². The predicted molar refractivity (Wildman–Crippen MR) is 91.7 cm³/mol. The Labute approximate surface area is 145 Å². The predicted octanol–water partition coefficient (Wildman–Crippen LogP) is 3.89. The van der Waals surface area contributed by atoms with Crippen LogP contribution in [-0.4, -0.2) is 27.8 Å². The lowest BCUT2D eigenvalue weighted by Crippen LogP contribution is -2.48. The van der Waals surface area contributed by atoms with Crippen molar-refractivity contribution in [3.63, 3.8) is 0 Å². The monoisotopic (exact) mass is 349 g/mol. The maximum atomic E-state index is 12.7. The summed E-state index contributed by atoms with van der Waals surface area (Å²) in [5, 5.41) is 10.6. The van der Waals surface area contributed by atoms with E-state index in [0.29, 0.717) is 11.1 Å². The van der Waals surface area contributed by atoms with E-state index in [-0.39, 0.29) is 11.8 Å². The molecule has 3 atom stereocenters. The Hall–Kier alpha value is -1.55. The summed E-state index contributed by atoms with van der Waals surface area (Å²) in [5.74, 6) is -0.112. The number of aliphatic hydroxyl groups is 1. The van der Waals surface area contributed by atoms with E-state index in [0.717, 1.165) is 5.56 Å². The van der Waals surface area contributed by atoms with Gasteiger partial charge in [0.1, 0.15) is 4.87 Å². The van der Waals surface area contributed by atoms with Crippen LogP contribution in [0.2, 0.25) is 0 Å². The number of rotatable bonds is 4. The van der Waals surface area contributed by atoms with Crippen LogP contribution in [0.15, 0.2) is 54.6 Å². The van der Waals surface area contributed by atoms with E-state index < -0.39 is 17.1 Å². The fourth-order valence-electron chi connectivity index (χ4n) is 3.07. The van der Waals surface area contributed by atoms with Gasteiger partial charge in [-0.15, -0.1) is 23.2 Å². The van der Waals surface area contributed by atoms with Gasteiger partial charge in [-0.2, -0.15) is 0 Å². The minimum absolute atomic E-state index is 0.118. The normalized spacial score (nSPS) is 21.0. The number of carbonyl (C=O) groups is 1. The van der Waals surface area contributed by atoms with Crippen molar-refractivity contribution < 1.29 is 9.90 Å². The minimum atomic E-state index is -1.02. The van der Waals surface area contributed by atoms with Gasteiger partial charge in [-0.25, -0.2) is 0 Å². The number of alkyl halides is 2. The first-order valence-corrected chi connectivity index (χ1v) is 8.32. The van der Waals surface area contributed by atoms with Gasteiger partial charge >= 0.3 is 0 Å². The first kappa shape index (κ1) is 16.3. The minimum Gasteiger partial charge on any atom is -0.369 e. The average molecular weight is 350 g/mol. The Bertz CT molecular complexity index is 722. The van der Waals surface area contributed by atoms with Crippen LogP contribution in [0.1, 0.15) is 34.6 Å². The number of hydrogen-bond donors (Lipinski definition) is 1. The van der Waals surface area contributed by atoms with Crippen molar-refractivity contribution in [2.45, 2.75) is 24.1 Å². The molecule has 3 unspecified atom stereocenters. The van der Waals surface area contributed by atoms with E-state index in [2.05, 4.69) is 0 Å². The fraction of sp³-hybridized carbons (Fsp3) is 0.278. The molecule has 1 aliphatic rings. The van der Waals surface area contributed by atoms with E-state index >= 15 is 0 Å². The topological polar surface area (TPSA) is 40.5 Å². The summed E-state index contributed by atoms with van der Waals surface area (Å²) in [4.78, 5) is 13.1. The summed E-state index contributed by atoms with van der Waals surface area (Å²) in [6.45, 7) is 1.81. The summed E-state index contributed by atoms with van der Waals surface area (Å²) in [6, 6.07) is 16.0. The van der Waals surface area contributed by atoms with Gasteiger partial charge in [0.15, 0.2) is 6.23 Å². The van der Waals surface area contributed by atoms with Gasteiger partial charge in [0, 0.05) is 17.0 Å². The van der Waals surface area contributed by atoms with Crippen molar-refractivity contribution in [2.75, 3.05) is 5.88 Å². The third kappa shape index (κ3) is 2.53. The number of benzene rings is 2. The van der Waals surface area contributed by atoms with Gasteiger partial charge in [-0.05, 0) is 18.6 Å². The van der Waals surface area contributed by atoms with Crippen LogP contribution in [0.4, 0.5) is 0 Å². The van der Waals surface area contributed by atoms with Gasteiger partial charge < -0.3 is 10.0 Å². The Kier molecular flexibility index (Phi) is 4.37. The van der Waals surface area contributed by atoms with Crippen LogP contribution in [0, 0.1) is 0 Å². The quantitative estimate of drug-likeness (QED) is 0.850. The summed E-state index contributed by atoms with van der Waals surface area (Å²) >= 11 is 13.0. The maximum Gasteiger partial charge on any atom is 0.256 e. The molecule has 23 heavy (non-hydrogen) atoms. The average Bonchev–Trinajstić information content (AvgIpc) is 2.86. The van der Waals surface area contributed by atoms with E-state index in [1.165, 1.54) is 4.90 Å². The third-order valence-electron chi connectivity index (χ3n) is 4.49. The van der Waals surface area contributed by atoms with Crippen molar-refractivity contribution in [1.29, 1.82) is 0 Å². The Morgan fingerprint density at radius 3 is 2.39 bits per heavy atom. The van der Waals surface area contributed by atoms with Gasteiger partial charge in [0.25, 0.3) is 5.91 Å². The van der Waals surface area contributed by atoms with Gasteiger partial charge in [-0.3, -0.25) is 4.79 Å². The van der Waals surface area contributed by atoms with Crippen molar-refractivity contribution in [1.82, 2.24) is 4.90 Å². The lowest BCUT2D eigenvalue weighted by atomic mass is 9.92. The lowest BCUT2D eigenvalue weighted by molar-refractivity contribution is -0.00725. The number of amides is 1. The molecule has 0 fully saturated rings. The van der Waals surface area contributed by atoms with Gasteiger partial charge in [0.05, 0.1) is 6.04 Å². The highest BCUT2D eigenvalue weighted by molar-refractivity contribution is 6.31. The summed E-state index contributed by atoms with van der Waals surface area (Å²) in [7, 11) is 0. The van der Waals surface area contributed by atoms with Crippen LogP contribution in [0.25, 0.3) is 0 Å². The molecule has 1 N–H and O–H groups in total. The Morgan fingerprint density at radius 2 is 1.78 bits per heavy atom. The molecule has 0 aliphatic carbocycles. The van der Waals surface area contributed by atoms with Crippen LogP contribution in [0.5, 0.6) is 0 Å². The number of nitrogens with zero attached hydrogens (tertiary/aromatic N) is 1. The highest BCUT2D eigenvalue weighted by Gasteiger charge is 2.46. The number of aliphatic hydroxyl groups excluding tert-OH is 1. The summed E-state index contributed by atoms with van der Waals surface area (Å²) in [5.41, 5.74) is 1.93. The first-order valence-electron chi connectivity index (χ1n) is 7.40. The van der Waals surface area contributed by atoms with Crippen molar-refractivity contribution in [3.8, 4) is 0 Å². The van der Waals surface area contributed by atoms with Crippen molar-refractivity contribution in [3.05, 3.63) is 71.3 Å². The van der Waals surface area contributed by atoms with E-state index in [1.54, 1.807) is 24.3 Å². The van der Waals surface area contributed by atoms with E-state index in [4.69, 9.17) is 23.2 Å². The lowest BCUT2D eigenvalue weighted by Gasteiger charge is -2.39. The smallest absolute Gasteiger partial charge is 0.256 e. The Morgan fingerprint density at radius 1 is 1.17 bits per heavy atom. The van der Waals surface area contributed by atoms with Gasteiger partial charge in [0.2, 0.25) is 0 Å². The van der Waals surface area contributed by atoms with Crippen LogP contribution < -0.4 is 0 Å². The zero-order valence-electron chi connectivity index (χ0n) is 12.6. The molecule has 0 bridgehead atoms. The summed E-state index contributed by atoms with van der Waals surface area (Å²) < 4.78 is 0. The first-order chi connectivity index (χ1) is 11.0. The van der Waals surface area contributed by atoms with E-state index in [1.807, 2.05) is 37.3 Å². The third-order valence-corrected chi connectivity index (χ3v) is 5.72. The second-order valence-corrected chi connectivity index (χ2v) is 6.65. The second-order valence-electron chi connectivity index (χ2n) is 5.71. The molecule has 2 aromatic carbocycles. The molecule has 3 rings (SSSR count). The number of carbonyl (C=O) groups excluding carboxylic acids is 1.